The van der Waals surface area contributed by atoms with Crippen LogP contribution in [0.4, 0.5) is 0 Å². The molecule has 0 fully saturated rings. The Hall–Kier alpha value is -0.930. The molecule has 0 aliphatic carbocycles. The fourth-order valence-electron chi connectivity index (χ4n) is 2.28. The van der Waals surface area contributed by atoms with Gasteiger partial charge in [0.05, 0.1) is 37.7 Å². The van der Waals surface area contributed by atoms with Crippen LogP contribution in [0, 0.1) is 6.92 Å². The van der Waals surface area contributed by atoms with Crippen LogP contribution in [0.25, 0.3) is 16.7 Å². The van der Waals surface area contributed by atoms with Gasteiger partial charge in [0.15, 0.2) is 0 Å². The Morgan fingerprint density at radius 2 is 1.71 bits per heavy atom. The lowest BCUT2D eigenvalue weighted by Crippen LogP contribution is -2.00. The smallest absolute Gasteiger partial charge is 0.129 e. The molecule has 0 radical (unpaired) electrons. The van der Waals surface area contributed by atoms with Crippen molar-refractivity contribution in [3.63, 3.8) is 0 Å². The van der Waals surface area contributed by atoms with Gasteiger partial charge in [-0.3, -0.25) is 4.57 Å². The van der Waals surface area contributed by atoms with Crippen LogP contribution in [0.3, 0.4) is 0 Å². The second kappa shape index (κ2) is 5.69. The zero-order valence-corrected chi connectivity index (χ0v) is 14.0. The predicted octanol–water partition coefficient (Wildman–Crippen LogP) is 6.03. The van der Waals surface area contributed by atoms with Crippen LogP contribution in [0.15, 0.2) is 30.3 Å². The Bertz CT molecular complexity index is 839. The van der Waals surface area contributed by atoms with Gasteiger partial charge in [0.25, 0.3) is 0 Å². The number of nitrogens with zero attached hydrogens (tertiary/aromatic N) is 2. The Morgan fingerprint density at radius 3 is 2.43 bits per heavy atom. The average Bonchev–Trinajstić information content (AvgIpc) is 2.80. The minimum atomic E-state index is 0.268. The lowest BCUT2D eigenvalue weighted by Gasteiger charge is -2.11. The van der Waals surface area contributed by atoms with Crippen LogP contribution in [-0.2, 0) is 5.88 Å². The molecule has 6 heteroatoms. The highest BCUT2D eigenvalue weighted by Crippen LogP contribution is 2.34. The number of hydrogen-bond donors (Lipinski definition) is 0. The Kier molecular flexibility index (Phi) is 4.06. The number of aromatic nitrogens is 2. The summed E-state index contributed by atoms with van der Waals surface area (Å²) in [5, 5.41) is 1.35. The number of hydrogen-bond acceptors (Lipinski definition) is 1. The maximum atomic E-state index is 6.33. The van der Waals surface area contributed by atoms with Gasteiger partial charge in [-0.2, -0.15) is 0 Å². The molecule has 2 aromatic carbocycles. The van der Waals surface area contributed by atoms with E-state index >= 15 is 0 Å². The van der Waals surface area contributed by atoms with Crippen LogP contribution >= 0.6 is 46.4 Å². The highest BCUT2D eigenvalue weighted by Gasteiger charge is 2.16. The molecule has 3 aromatic rings. The minimum absolute atomic E-state index is 0.268. The van der Waals surface area contributed by atoms with Gasteiger partial charge in [-0.1, -0.05) is 40.9 Å². The molecule has 1 aromatic heterocycles. The van der Waals surface area contributed by atoms with E-state index in [9.17, 15) is 0 Å². The van der Waals surface area contributed by atoms with Gasteiger partial charge in [0.2, 0.25) is 0 Å². The van der Waals surface area contributed by atoms with Gasteiger partial charge in [-0.25, -0.2) is 4.98 Å². The Labute approximate surface area is 142 Å². The first-order chi connectivity index (χ1) is 10.0. The lowest BCUT2D eigenvalue weighted by atomic mass is 10.2. The van der Waals surface area contributed by atoms with Crippen LogP contribution in [0.1, 0.15) is 11.4 Å². The largest absolute Gasteiger partial charge is 0.294 e. The van der Waals surface area contributed by atoms with Crippen LogP contribution in [0.5, 0.6) is 0 Å². The second-order valence-corrected chi connectivity index (χ2v) is 6.20. The Balaban J connectivity index is 2.38. The summed E-state index contributed by atoms with van der Waals surface area (Å²) >= 11 is 24.5. The summed E-state index contributed by atoms with van der Waals surface area (Å²) in [7, 11) is 0. The first-order valence-electron chi connectivity index (χ1n) is 6.20. The van der Waals surface area contributed by atoms with E-state index in [1.54, 1.807) is 12.1 Å². The standard InChI is InChI=1S/C15H10Cl4N2/c1-8-2-3-12-14(4-8)21(15(7-16)20-12)13-6-10(18)9(17)5-11(13)19/h2-6H,7H2,1H3. The van der Waals surface area contributed by atoms with Crippen LogP contribution in [0.2, 0.25) is 15.1 Å². The number of fused-ring (bicyclic) bond motifs is 1. The van der Waals surface area contributed by atoms with Crippen molar-refractivity contribution in [2.24, 2.45) is 0 Å². The Morgan fingerprint density at radius 1 is 1.00 bits per heavy atom. The normalized spacial score (nSPS) is 11.3. The summed E-state index contributed by atoms with van der Waals surface area (Å²) in [6.45, 7) is 2.02. The predicted molar refractivity (Wildman–Crippen MR) is 90.4 cm³/mol. The van der Waals surface area contributed by atoms with Gasteiger partial charge in [0, 0.05) is 0 Å². The monoisotopic (exact) mass is 358 g/mol. The number of aryl methyl sites for hydroxylation is 1. The molecule has 0 saturated heterocycles. The van der Waals surface area contributed by atoms with Crippen molar-refractivity contribution < 1.29 is 0 Å². The van der Waals surface area contributed by atoms with Crippen molar-refractivity contribution in [3.05, 3.63) is 56.8 Å². The molecule has 108 valence electrons. The average molecular weight is 360 g/mol. The van der Waals surface area contributed by atoms with E-state index in [-0.39, 0.29) is 5.88 Å². The van der Waals surface area contributed by atoms with Crippen molar-refractivity contribution in [3.8, 4) is 5.69 Å². The molecule has 1 heterocycles. The molecule has 0 atom stereocenters. The molecule has 0 aliphatic heterocycles. The summed E-state index contributed by atoms with van der Waals surface area (Å²) < 4.78 is 1.92. The van der Waals surface area contributed by atoms with E-state index in [0.717, 1.165) is 22.3 Å². The van der Waals surface area contributed by atoms with Gasteiger partial charge in [-0.05, 0) is 36.8 Å². The number of alkyl halides is 1. The van der Waals surface area contributed by atoms with Crippen molar-refractivity contribution in [1.29, 1.82) is 0 Å². The molecule has 0 N–H and O–H groups in total. The summed E-state index contributed by atoms with van der Waals surface area (Å²) in [6, 6.07) is 9.36. The third-order valence-corrected chi connectivity index (χ3v) is 4.49. The molecule has 0 aliphatic rings. The molecule has 0 bridgehead atoms. The van der Waals surface area contributed by atoms with E-state index in [4.69, 9.17) is 46.4 Å². The molecular formula is C15H10Cl4N2. The van der Waals surface area contributed by atoms with Crippen molar-refractivity contribution in [1.82, 2.24) is 9.55 Å². The SMILES string of the molecule is Cc1ccc2nc(CCl)n(-c3cc(Cl)c(Cl)cc3Cl)c2c1. The van der Waals surface area contributed by atoms with Crippen molar-refractivity contribution in [2.75, 3.05) is 0 Å². The number of halogens is 4. The van der Waals surface area contributed by atoms with E-state index in [0.29, 0.717) is 20.9 Å². The van der Waals surface area contributed by atoms with Gasteiger partial charge < -0.3 is 0 Å². The molecule has 0 spiro atoms. The fraction of sp³-hybridized carbons (Fsp3) is 0.133. The number of rotatable bonds is 2. The first-order valence-corrected chi connectivity index (χ1v) is 7.87. The molecule has 21 heavy (non-hydrogen) atoms. The van der Waals surface area contributed by atoms with Gasteiger partial charge in [0.1, 0.15) is 5.82 Å². The molecule has 0 unspecified atom stereocenters. The molecule has 2 nitrogen and oxygen atoms in total. The summed E-state index contributed by atoms with van der Waals surface area (Å²) in [4.78, 5) is 4.54. The molecule has 0 amide bonds. The fourth-order valence-corrected chi connectivity index (χ4v) is 3.08. The quantitative estimate of drug-likeness (QED) is 0.403. The first kappa shape index (κ1) is 15.0. The van der Waals surface area contributed by atoms with Crippen LogP contribution in [-0.4, -0.2) is 9.55 Å². The van der Waals surface area contributed by atoms with E-state index in [1.807, 2.05) is 29.7 Å². The molecule has 3 rings (SSSR count). The lowest BCUT2D eigenvalue weighted by molar-refractivity contribution is 0.982. The summed E-state index contributed by atoms with van der Waals surface area (Å²) in [5.41, 5.74) is 3.64. The van der Waals surface area contributed by atoms with Crippen molar-refractivity contribution in [2.45, 2.75) is 12.8 Å². The summed E-state index contributed by atoms with van der Waals surface area (Å²) in [6.07, 6.45) is 0. The van der Waals surface area contributed by atoms with E-state index in [2.05, 4.69) is 4.98 Å². The van der Waals surface area contributed by atoms with E-state index in [1.165, 1.54) is 0 Å². The third kappa shape index (κ3) is 2.62. The number of imidazole rings is 1. The summed E-state index contributed by atoms with van der Waals surface area (Å²) in [5.74, 6) is 0.974. The zero-order chi connectivity index (χ0) is 15.1. The maximum Gasteiger partial charge on any atom is 0.129 e. The number of benzene rings is 2. The third-order valence-electron chi connectivity index (χ3n) is 3.23. The van der Waals surface area contributed by atoms with E-state index < -0.39 is 0 Å². The highest BCUT2D eigenvalue weighted by molar-refractivity contribution is 6.43. The van der Waals surface area contributed by atoms with Gasteiger partial charge in [-0.15, -0.1) is 11.6 Å². The second-order valence-electron chi connectivity index (χ2n) is 4.71. The minimum Gasteiger partial charge on any atom is -0.294 e. The zero-order valence-electron chi connectivity index (χ0n) is 11.0. The van der Waals surface area contributed by atoms with Gasteiger partial charge >= 0.3 is 0 Å². The molecular weight excluding hydrogens is 350 g/mol. The maximum absolute atomic E-state index is 6.33. The topological polar surface area (TPSA) is 17.8 Å². The van der Waals surface area contributed by atoms with Crippen molar-refractivity contribution >= 4 is 57.4 Å². The molecule has 0 saturated carbocycles. The highest BCUT2D eigenvalue weighted by atomic mass is 35.5. The van der Waals surface area contributed by atoms with Crippen LogP contribution < -0.4 is 0 Å².